The van der Waals surface area contributed by atoms with E-state index in [0.29, 0.717) is 19.6 Å². The Morgan fingerprint density at radius 2 is 1.65 bits per heavy atom. The summed E-state index contributed by atoms with van der Waals surface area (Å²) in [5.41, 5.74) is -0.231. The number of hydrogen-bond acceptors (Lipinski definition) is 8. The third kappa shape index (κ3) is 10.3. The van der Waals surface area contributed by atoms with E-state index in [0.717, 1.165) is 21.5 Å². The van der Waals surface area contributed by atoms with Crippen molar-refractivity contribution in [1.29, 1.82) is 0 Å². The molecule has 1 aromatic heterocycles. The predicted molar refractivity (Wildman–Crippen MR) is 141 cm³/mol. The van der Waals surface area contributed by atoms with Crippen molar-refractivity contribution in [2.24, 2.45) is 4.99 Å². The number of carbonyl (C=O) groups excluding carboxylic acids is 3. The highest BCUT2D eigenvalue weighted by atomic mass is 32.1. The summed E-state index contributed by atoms with van der Waals surface area (Å²) in [4.78, 5) is 42.4. The van der Waals surface area contributed by atoms with Gasteiger partial charge in [0.15, 0.2) is 0 Å². The van der Waals surface area contributed by atoms with Crippen molar-refractivity contribution < 1.29 is 33.3 Å². The van der Waals surface area contributed by atoms with Crippen LogP contribution in [-0.2, 0) is 30.3 Å². The van der Waals surface area contributed by atoms with Gasteiger partial charge in [0.2, 0.25) is 4.80 Å². The molecule has 0 bridgehead atoms. The highest BCUT2D eigenvalue weighted by Crippen LogP contribution is 2.21. The van der Waals surface area contributed by atoms with E-state index in [1.54, 1.807) is 59.9 Å². The van der Waals surface area contributed by atoms with Crippen LogP contribution in [0, 0.1) is 0 Å². The van der Waals surface area contributed by atoms with Crippen LogP contribution in [-0.4, -0.2) is 47.1 Å². The molecular formula is C27H36N2O7S. The molecule has 2 rings (SSSR count). The molecule has 0 saturated carbocycles. The summed E-state index contributed by atoms with van der Waals surface area (Å²) in [5.74, 6) is -0.621. The minimum absolute atomic E-state index is 0.00836. The normalized spacial score (nSPS) is 12.8. The van der Waals surface area contributed by atoms with Crippen LogP contribution in [0.5, 0.6) is 0 Å². The summed E-state index contributed by atoms with van der Waals surface area (Å²) in [6.07, 6.45) is 0.364. The molecule has 0 aliphatic carbocycles. The molecule has 1 heterocycles. The third-order valence-corrected chi connectivity index (χ3v) is 5.18. The monoisotopic (exact) mass is 532 g/mol. The molecule has 0 fully saturated rings. The van der Waals surface area contributed by atoms with Gasteiger partial charge in [-0.2, -0.15) is 0 Å². The summed E-state index contributed by atoms with van der Waals surface area (Å²) >= 11 is 1.00. The van der Waals surface area contributed by atoms with Crippen LogP contribution in [0.1, 0.15) is 66.1 Å². The Morgan fingerprint density at radius 1 is 1.00 bits per heavy atom. The minimum atomic E-state index is -0.866. The number of esters is 1. The standard InChI is InChI=1S/C27H36N2O7S/c1-8-34-22(30)20(15-12-16-33-17-19-13-10-9-11-14-19)21-18-37-23(28-24(31)35-26(2,3)4)29(21)25(32)36-27(5,6)7/h9-11,13-15,18H,8,12,16-17H2,1-7H3/b20-15-,28-23-. The molecule has 1 aromatic carbocycles. The van der Waals surface area contributed by atoms with E-state index in [4.69, 9.17) is 18.9 Å². The van der Waals surface area contributed by atoms with Crippen LogP contribution in [0.3, 0.4) is 0 Å². The topological polar surface area (TPSA) is 105 Å². The molecule has 37 heavy (non-hydrogen) atoms. The third-order valence-electron chi connectivity index (χ3n) is 4.36. The molecule has 9 nitrogen and oxygen atoms in total. The average Bonchev–Trinajstić information content (AvgIpc) is 3.17. The zero-order valence-corrected chi connectivity index (χ0v) is 23.3. The molecule has 2 aromatic rings. The summed E-state index contributed by atoms with van der Waals surface area (Å²) in [6.45, 7) is 12.9. The molecule has 0 N–H and O–H groups in total. The van der Waals surface area contributed by atoms with Crippen molar-refractivity contribution in [2.45, 2.75) is 72.7 Å². The highest BCUT2D eigenvalue weighted by Gasteiger charge is 2.26. The fourth-order valence-electron chi connectivity index (χ4n) is 2.98. The highest BCUT2D eigenvalue weighted by molar-refractivity contribution is 7.07. The predicted octanol–water partition coefficient (Wildman–Crippen LogP) is 5.72. The number of aromatic nitrogens is 1. The van der Waals surface area contributed by atoms with Crippen LogP contribution >= 0.6 is 11.3 Å². The number of nitrogens with zero attached hydrogens (tertiary/aromatic N) is 2. The van der Waals surface area contributed by atoms with Gasteiger partial charge in [0, 0.05) is 5.38 Å². The minimum Gasteiger partial charge on any atom is -0.462 e. The van der Waals surface area contributed by atoms with E-state index in [2.05, 4.69) is 4.99 Å². The maximum absolute atomic E-state index is 13.2. The van der Waals surface area contributed by atoms with Crippen LogP contribution < -0.4 is 4.80 Å². The van der Waals surface area contributed by atoms with E-state index < -0.39 is 29.4 Å². The van der Waals surface area contributed by atoms with Gasteiger partial charge in [-0.15, -0.1) is 16.3 Å². The second-order valence-electron chi connectivity index (χ2n) is 9.98. The summed E-state index contributed by atoms with van der Waals surface area (Å²) < 4.78 is 22.9. The maximum Gasteiger partial charge on any atom is 0.436 e. The van der Waals surface area contributed by atoms with Crippen LogP contribution in [0.2, 0.25) is 0 Å². The lowest BCUT2D eigenvalue weighted by Gasteiger charge is -2.20. The van der Waals surface area contributed by atoms with Crippen molar-refractivity contribution in [3.63, 3.8) is 0 Å². The van der Waals surface area contributed by atoms with Gasteiger partial charge in [0.05, 0.1) is 31.1 Å². The first-order chi connectivity index (χ1) is 17.3. The van der Waals surface area contributed by atoms with Crippen LogP contribution in [0.25, 0.3) is 5.57 Å². The number of carbonyl (C=O) groups is 3. The molecular weight excluding hydrogens is 496 g/mol. The summed E-state index contributed by atoms with van der Waals surface area (Å²) in [6, 6.07) is 9.73. The van der Waals surface area contributed by atoms with Crippen LogP contribution in [0.15, 0.2) is 46.8 Å². The zero-order valence-electron chi connectivity index (χ0n) is 22.5. The Hall–Kier alpha value is -3.24. The largest absolute Gasteiger partial charge is 0.462 e. The first-order valence-corrected chi connectivity index (χ1v) is 12.9. The van der Waals surface area contributed by atoms with E-state index >= 15 is 0 Å². The maximum atomic E-state index is 13.2. The van der Waals surface area contributed by atoms with Gasteiger partial charge in [0.1, 0.15) is 11.2 Å². The Labute approximate surface area is 221 Å². The van der Waals surface area contributed by atoms with Crippen molar-refractivity contribution in [1.82, 2.24) is 4.57 Å². The first kappa shape index (κ1) is 30.0. The quantitative estimate of drug-likeness (QED) is 0.185. The van der Waals surface area contributed by atoms with Crippen molar-refractivity contribution >= 4 is 35.1 Å². The molecule has 0 radical (unpaired) electrons. The lowest BCUT2D eigenvalue weighted by Crippen LogP contribution is -2.34. The van der Waals surface area contributed by atoms with Gasteiger partial charge < -0.3 is 18.9 Å². The number of benzene rings is 1. The molecule has 0 unspecified atom stereocenters. The van der Waals surface area contributed by atoms with Gasteiger partial charge in [-0.3, -0.25) is 0 Å². The average molecular weight is 533 g/mol. The Morgan fingerprint density at radius 3 is 2.24 bits per heavy atom. The molecule has 0 atom stereocenters. The molecule has 0 aliphatic heterocycles. The second-order valence-corrected chi connectivity index (χ2v) is 10.8. The van der Waals surface area contributed by atoms with Gasteiger partial charge >= 0.3 is 18.2 Å². The Bertz CT molecular complexity index is 1170. The molecule has 0 spiro atoms. The number of rotatable bonds is 8. The number of hydrogen-bond donors (Lipinski definition) is 0. The summed E-state index contributed by atoms with van der Waals surface area (Å²) in [7, 11) is 0. The molecule has 10 heteroatoms. The first-order valence-electron chi connectivity index (χ1n) is 12.0. The van der Waals surface area contributed by atoms with Gasteiger partial charge in [-0.25, -0.2) is 19.0 Å². The lowest BCUT2D eigenvalue weighted by molar-refractivity contribution is -0.136. The fourth-order valence-corrected chi connectivity index (χ4v) is 3.83. The summed E-state index contributed by atoms with van der Waals surface area (Å²) in [5, 5.41) is 1.56. The van der Waals surface area contributed by atoms with Crippen LogP contribution in [0.4, 0.5) is 9.59 Å². The van der Waals surface area contributed by atoms with Crippen molar-refractivity contribution in [2.75, 3.05) is 13.2 Å². The molecule has 0 saturated heterocycles. The molecule has 1 amide bonds. The zero-order chi connectivity index (χ0) is 27.6. The second kappa shape index (κ2) is 13.3. The SMILES string of the molecule is CCOC(=O)/C(=C\CCOCc1ccccc1)c1cs/c(=N\C(=O)OC(C)(C)C)n1C(=O)OC(C)(C)C. The van der Waals surface area contributed by atoms with Gasteiger partial charge in [-0.05, 0) is 60.5 Å². The lowest BCUT2D eigenvalue weighted by atomic mass is 10.1. The van der Waals surface area contributed by atoms with E-state index in [1.807, 2.05) is 30.3 Å². The van der Waals surface area contributed by atoms with E-state index in [1.165, 1.54) is 0 Å². The number of ether oxygens (including phenoxy) is 4. The number of amides is 1. The van der Waals surface area contributed by atoms with E-state index in [9.17, 15) is 14.4 Å². The van der Waals surface area contributed by atoms with Gasteiger partial charge in [0.25, 0.3) is 0 Å². The Kier molecular flexibility index (Phi) is 10.8. The van der Waals surface area contributed by atoms with Crippen molar-refractivity contribution in [3.8, 4) is 0 Å². The van der Waals surface area contributed by atoms with E-state index in [-0.39, 0.29) is 22.7 Å². The number of thiazole rings is 1. The molecule has 202 valence electrons. The fraction of sp³-hybridized carbons (Fsp3) is 0.481. The smallest absolute Gasteiger partial charge is 0.436 e. The molecule has 0 aliphatic rings. The van der Waals surface area contributed by atoms with Crippen molar-refractivity contribution in [3.05, 3.63) is 57.8 Å². The van der Waals surface area contributed by atoms with Gasteiger partial charge in [-0.1, -0.05) is 36.4 Å². The Balaban J connectivity index is 2.43.